The molecule has 14 heavy (non-hydrogen) atoms. The van der Waals surface area contributed by atoms with E-state index in [1.165, 1.54) is 0 Å². The van der Waals surface area contributed by atoms with Crippen molar-refractivity contribution in [3.63, 3.8) is 0 Å². The number of hydrogen-bond donors (Lipinski definition) is 1. The third-order valence-electron chi connectivity index (χ3n) is 2.10. The van der Waals surface area contributed by atoms with E-state index in [2.05, 4.69) is 5.10 Å². The first-order valence-corrected chi connectivity index (χ1v) is 5.44. The van der Waals surface area contributed by atoms with Gasteiger partial charge < -0.3 is 5.11 Å². The molecule has 0 amide bonds. The van der Waals surface area contributed by atoms with Gasteiger partial charge in [-0.2, -0.15) is 5.10 Å². The number of aryl methyl sites for hydroxylation is 1. The van der Waals surface area contributed by atoms with Crippen molar-refractivity contribution in [2.75, 3.05) is 0 Å². The summed E-state index contributed by atoms with van der Waals surface area (Å²) in [5.74, 6) is 0. The molecule has 0 radical (unpaired) electrons. The largest absolute Gasteiger partial charge is 0.390 e. The maximum absolute atomic E-state index is 9.10. The fourth-order valence-corrected chi connectivity index (χ4v) is 2.08. The molecule has 0 fully saturated rings. The molecule has 0 aliphatic heterocycles. The number of hydrogen-bond acceptors (Lipinski definition) is 3. The molecule has 3 nitrogen and oxygen atoms in total. The lowest BCUT2D eigenvalue weighted by Crippen LogP contribution is -2.01. The number of aliphatic hydroxyl groups excluding tert-OH is 1. The van der Waals surface area contributed by atoms with Gasteiger partial charge in [0, 0.05) is 6.54 Å². The molecule has 2 rings (SSSR count). The Bertz CT molecular complexity index is 384. The molecule has 0 spiro atoms. The molecular formula is C10H12N2OS. The van der Waals surface area contributed by atoms with E-state index >= 15 is 0 Å². The lowest BCUT2D eigenvalue weighted by atomic mass is 10.3. The van der Waals surface area contributed by atoms with Gasteiger partial charge in [-0.15, -0.1) is 11.3 Å². The van der Waals surface area contributed by atoms with Gasteiger partial charge in [0.15, 0.2) is 0 Å². The molecule has 0 atom stereocenters. The predicted molar refractivity (Wildman–Crippen MR) is 57.1 cm³/mol. The zero-order valence-corrected chi connectivity index (χ0v) is 8.79. The lowest BCUT2D eigenvalue weighted by Gasteiger charge is -1.98. The van der Waals surface area contributed by atoms with Crippen molar-refractivity contribution in [2.45, 2.75) is 20.1 Å². The summed E-state index contributed by atoms with van der Waals surface area (Å²) in [7, 11) is 0. The Hall–Kier alpha value is -1.13. The summed E-state index contributed by atoms with van der Waals surface area (Å²) in [5, 5.41) is 15.5. The third-order valence-corrected chi connectivity index (χ3v) is 2.99. The van der Waals surface area contributed by atoms with Gasteiger partial charge >= 0.3 is 0 Å². The molecule has 2 aromatic rings. The van der Waals surface area contributed by atoms with E-state index in [0.29, 0.717) is 0 Å². The van der Waals surface area contributed by atoms with Gasteiger partial charge in [-0.25, -0.2) is 0 Å². The van der Waals surface area contributed by atoms with Crippen molar-refractivity contribution < 1.29 is 5.11 Å². The highest BCUT2D eigenvalue weighted by Gasteiger charge is 2.07. The van der Waals surface area contributed by atoms with Gasteiger partial charge in [-0.1, -0.05) is 6.07 Å². The van der Waals surface area contributed by atoms with Crippen LogP contribution in [0.4, 0.5) is 0 Å². The predicted octanol–water partition coefficient (Wildman–Crippen LogP) is 2.12. The lowest BCUT2D eigenvalue weighted by molar-refractivity contribution is 0.268. The summed E-state index contributed by atoms with van der Waals surface area (Å²) < 4.78 is 1.83. The van der Waals surface area contributed by atoms with Crippen molar-refractivity contribution >= 4 is 11.3 Å². The quantitative estimate of drug-likeness (QED) is 0.839. The zero-order chi connectivity index (χ0) is 9.97. The second-order valence-electron chi connectivity index (χ2n) is 2.97. The van der Waals surface area contributed by atoms with Crippen LogP contribution in [0, 0.1) is 0 Å². The molecular weight excluding hydrogens is 196 g/mol. The molecule has 0 aromatic carbocycles. The first-order valence-electron chi connectivity index (χ1n) is 4.56. The third kappa shape index (κ3) is 1.58. The van der Waals surface area contributed by atoms with Crippen LogP contribution in [-0.2, 0) is 13.2 Å². The van der Waals surface area contributed by atoms with E-state index in [1.54, 1.807) is 11.3 Å². The van der Waals surface area contributed by atoms with Gasteiger partial charge in [-0.3, -0.25) is 4.68 Å². The summed E-state index contributed by atoms with van der Waals surface area (Å²) in [6.45, 7) is 2.86. The van der Waals surface area contributed by atoms with Crippen LogP contribution in [0.25, 0.3) is 10.6 Å². The highest BCUT2D eigenvalue weighted by Crippen LogP contribution is 2.24. The number of aromatic nitrogens is 2. The molecule has 1 N–H and O–H groups in total. The maximum Gasteiger partial charge on any atom is 0.103 e. The normalized spacial score (nSPS) is 10.7. The van der Waals surface area contributed by atoms with Crippen molar-refractivity contribution in [3.05, 3.63) is 29.3 Å². The van der Waals surface area contributed by atoms with Crippen LogP contribution >= 0.6 is 11.3 Å². The van der Waals surface area contributed by atoms with Crippen LogP contribution in [0.1, 0.15) is 12.6 Å². The van der Waals surface area contributed by atoms with Crippen LogP contribution in [-0.4, -0.2) is 14.9 Å². The first-order chi connectivity index (χ1) is 6.85. The van der Waals surface area contributed by atoms with E-state index in [4.69, 9.17) is 5.11 Å². The zero-order valence-electron chi connectivity index (χ0n) is 7.97. The summed E-state index contributed by atoms with van der Waals surface area (Å²) in [6, 6.07) is 5.98. The standard InChI is InChI=1S/C10H12N2OS/c1-2-12-8(7-13)6-9(11-12)10-4-3-5-14-10/h3-6,13H,2,7H2,1H3. The van der Waals surface area contributed by atoms with Crippen LogP contribution in [0.5, 0.6) is 0 Å². The fourth-order valence-electron chi connectivity index (χ4n) is 1.40. The molecule has 0 aliphatic carbocycles. The Labute approximate surface area is 86.6 Å². The summed E-state index contributed by atoms with van der Waals surface area (Å²) in [6.07, 6.45) is 0. The minimum absolute atomic E-state index is 0.0478. The van der Waals surface area contributed by atoms with Gasteiger partial charge in [0.05, 0.1) is 17.2 Å². The molecule has 2 aromatic heterocycles. The Kier molecular flexibility index (Phi) is 2.65. The van der Waals surface area contributed by atoms with Crippen molar-refractivity contribution in [1.29, 1.82) is 0 Å². The van der Waals surface area contributed by atoms with Gasteiger partial charge in [0.2, 0.25) is 0 Å². The Morgan fingerprint density at radius 3 is 2.93 bits per heavy atom. The fraction of sp³-hybridized carbons (Fsp3) is 0.300. The Balaban J connectivity index is 2.41. The minimum atomic E-state index is 0.0478. The second-order valence-corrected chi connectivity index (χ2v) is 3.92. The monoisotopic (exact) mass is 208 g/mol. The van der Waals surface area contributed by atoms with Gasteiger partial charge in [-0.05, 0) is 24.4 Å². The van der Waals surface area contributed by atoms with Crippen LogP contribution in [0.15, 0.2) is 23.6 Å². The summed E-state index contributed by atoms with van der Waals surface area (Å²) in [4.78, 5) is 1.15. The molecule has 0 bridgehead atoms. The van der Waals surface area contributed by atoms with Crippen molar-refractivity contribution in [3.8, 4) is 10.6 Å². The number of rotatable bonds is 3. The van der Waals surface area contributed by atoms with E-state index in [1.807, 2.05) is 35.2 Å². The molecule has 4 heteroatoms. The molecule has 0 saturated carbocycles. The molecule has 0 saturated heterocycles. The smallest absolute Gasteiger partial charge is 0.103 e. The maximum atomic E-state index is 9.10. The van der Waals surface area contributed by atoms with Gasteiger partial charge in [0.1, 0.15) is 5.69 Å². The van der Waals surface area contributed by atoms with E-state index in [0.717, 1.165) is 22.8 Å². The van der Waals surface area contributed by atoms with Gasteiger partial charge in [0.25, 0.3) is 0 Å². The molecule has 0 aliphatic rings. The molecule has 74 valence electrons. The highest BCUT2D eigenvalue weighted by atomic mass is 32.1. The van der Waals surface area contributed by atoms with Crippen LogP contribution in [0.2, 0.25) is 0 Å². The van der Waals surface area contributed by atoms with E-state index in [9.17, 15) is 0 Å². The average molecular weight is 208 g/mol. The van der Waals surface area contributed by atoms with Crippen LogP contribution in [0.3, 0.4) is 0 Å². The minimum Gasteiger partial charge on any atom is -0.390 e. The summed E-state index contributed by atoms with van der Waals surface area (Å²) in [5.41, 5.74) is 1.82. The average Bonchev–Trinajstić information content (AvgIpc) is 2.85. The first kappa shape index (κ1) is 9.43. The van der Waals surface area contributed by atoms with E-state index in [-0.39, 0.29) is 6.61 Å². The summed E-state index contributed by atoms with van der Waals surface area (Å²) >= 11 is 1.66. The number of nitrogens with zero attached hydrogens (tertiary/aromatic N) is 2. The Morgan fingerprint density at radius 1 is 1.57 bits per heavy atom. The number of aliphatic hydroxyl groups is 1. The topological polar surface area (TPSA) is 38.0 Å². The van der Waals surface area contributed by atoms with Crippen molar-refractivity contribution in [1.82, 2.24) is 9.78 Å². The second kappa shape index (κ2) is 3.94. The number of thiophene rings is 1. The van der Waals surface area contributed by atoms with E-state index < -0.39 is 0 Å². The van der Waals surface area contributed by atoms with Crippen molar-refractivity contribution in [2.24, 2.45) is 0 Å². The Morgan fingerprint density at radius 2 is 2.43 bits per heavy atom. The highest BCUT2D eigenvalue weighted by molar-refractivity contribution is 7.13. The SMILES string of the molecule is CCn1nc(-c2cccs2)cc1CO. The molecule has 2 heterocycles. The molecule has 0 unspecified atom stereocenters. The van der Waals surface area contributed by atoms with Crippen LogP contribution < -0.4 is 0 Å².